The molecule has 1 aliphatic rings. The Balaban J connectivity index is 2.03. The Bertz CT molecular complexity index is 436. The van der Waals surface area contributed by atoms with E-state index in [0.29, 0.717) is 13.1 Å². The fourth-order valence-corrected chi connectivity index (χ4v) is 2.51. The molecule has 0 aromatic heterocycles. The molecule has 1 unspecified atom stereocenters. The Morgan fingerprint density at radius 1 is 1.42 bits per heavy atom. The highest BCUT2D eigenvalue weighted by Crippen LogP contribution is 2.21. The molecule has 0 spiro atoms. The molecular formula is C14H20FN3O. The summed E-state index contributed by atoms with van der Waals surface area (Å²) in [5.74, 6) is -0.414. The highest BCUT2D eigenvalue weighted by molar-refractivity contribution is 5.89. The molecule has 5 heteroatoms. The number of hydrogen-bond donors (Lipinski definition) is 2. The van der Waals surface area contributed by atoms with Gasteiger partial charge >= 0.3 is 6.03 Å². The average molecular weight is 265 g/mol. The van der Waals surface area contributed by atoms with Crippen LogP contribution in [0.5, 0.6) is 0 Å². The van der Waals surface area contributed by atoms with Crippen molar-refractivity contribution >= 4 is 11.7 Å². The number of para-hydroxylation sites is 1. The number of carbonyl (C=O) groups excluding carboxylic acids is 1. The molecule has 0 aliphatic carbocycles. The lowest BCUT2D eigenvalue weighted by atomic mass is 10.00. The van der Waals surface area contributed by atoms with Crippen molar-refractivity contribution in [3.05, 3.63) is 30.1 Å². The van der Waals surface area contributed by atoms with Crippen LogP contribution in [0.15, 0.2) is 24.3 Å². The van der Waals surface area contributed by atoms with Gasteiger partial charge in [-0.05, 0) is 44.4 Å². The number of benzene rings is 1. The van der Waals surface area contributed by atoms with E-state index in [1.807, 2.05) is 0 Å². The molecule has 4 nitrogen and oxygen atoms in total. The van der Waals surface area contributed by atoms with Crippen LogP contribution in [0.4, 0.5) is 14.9 Å². The average Bonchev–Trinajstić information content (AvgIpc) is 2.42. The Hall–Kier alpha value is -1.62. The van der Waals surface area contributed by atoms with E-state index < -0.39 is 5.82 Å². The molecule has 1 aliphatic heterocycles. The van der Waals surface area contributed by atoms with E-state index in [2.05, 4.69) is 5.32 Å². The molecule has 0 radical (unpaired) electrons. The topological polar surface area (TPSA) is 58.4 Å². The van der Waals surface area contributed by atoms with E-state index >= 15 is 0 Å². The minimum Gasteiger partial charge on any atom is -0.330 e. The number of rotatable bonds is 3. The number of urea groups is 1. The van der Waals surface area contributed by atoms with Crippen LogP contribution in [0.3, 0.4) is 0 Å². The maximum absolute atomic E-state index is 13.5. The summed E-state index contributed by atoms with van der Waals surface area (Å²) in [7, 11) is 0. The second kappa shape index (κ2) is 6.52. The first kappa shape index (κ1) is 13.8. The second-order valence-corrected chi connectivity index (χ2v) is 4.83. The van der Waals surface area contributed by atoms with Crippen LogP contribution in [0, 0.1) is 5.82 Å². The maximum atomic E-state index is 13.5. The molecule has 2 rings (SSSR count). The van der Waals surface area contributed by atoms with Crippen LogP contribution in [0.2, 0.25) is 0 Å². The third kappa shape index (κ3) is 3.44. The number of nitrogens with one attached hydrogen (secondary N) is 1. The summed E-state index contributed by atoms with van der Waals surface area (Å²) in [6, 6.07) is 6.14. The van der Waals surface area contributed by atoms with Crippen molar-refractivity contribution in [1.29, 1.82) is 0 Å². The van der Waals surface area contributed by atoms with Crippen LogP contribution in [0.1, 0.15) is 25.7 Å². The number of halogens is 1. The summed E-state index contributed by atoms with van der Waals surface area (Å²) >= 11 is 0. The molecule has 0 bridgehead atoms. The van der Waals surface area contributed by atoms with E-state index in [1.165, 1.54) is 6.07 Å². The first-order valence-corrected chi connectivity index (χ1v) is 6.74. The van der Waals surface area contributed by atoms with Gasteiger partial charge in [-0.25, -0.2) is 9.18 Å². The predicted molar refractivity (Wildman–Crippen MR) is 73.4 cm³/mol. The maximum Gasteiger partial charge on any atom is 0.322 e. The summed E-state index contributed by atoms with van der Waals surface area (Å²) in [5.41, 5.74) is 5.81. The van der Waals surface area contributed by atoms with Crippen LogP contribution in [0.25, 0.3) is 0 Å². The van der Waals surface area contributed by atoms with Gasteiger partial charge in [-0.2, -0.15) is 0 Å². The van der Waals surface area contributed by atoms with Crippen molar-refractivity contribution in [2.24, 2.45) is 5.73 Å². The zero-order valence-corrected chi connectivity index (χ0v) is 10.9. The van der Waals surface area contributed by atoms with Crippen LogP contribution in [-0.4, -0.2) is 30.1 Å². The van der Waals surface area contributed by atoms with E-state index in [4.69, 9.17) is 5.73 Å². The van der Waals surface area contributed by atoms with Crippen molar-refractivity contribution in [2.75, 3.05) is 18.4 Å². The van der Waals surface area contributed by atoms with Gasteiger partial charge < -0.3 is 16.0 Å². The summed E-state index contributed by atoms with van der Waals surface area (Å²) in [4.78, 5) is 14.0. The van der Waals surface area contributed by atoms with E-state index in [1.54, 1.807) is 23.1 Å². The Morgan fingerprint density at radius 2 is 2.21 bits per heavy atom. The van der Waals surface area contributed by atoms with Gasteiger partial charge in [0.15, 0.2) is 0 Å². The highest BCUT2D eigenvalue weighted by Gasteiger charge is 2.26. The van der Waals surface area contributed by atoms with Gasteiger partial charge in [-0.1, -0.05) is 12.1 Å². The third-order valence-electron chi connectivity index (χ3n) is 3.50. The molecule has 1 fully saturated rings. The molecule has 19 heavy (non-hydrogen) atoms. The van der Waals surface area contributed by atoms with E-state index in [0.717, 1.165) is 25.7 Å². The van der Waals surface area contributed by atoms with Crippen LogP contribution >= 0.6 is 0 Å². The predicted octanol–water partition coefficient (Wildman–Crippen LogP) is 2.56. The lowest BCUT2D eigenvalue weighted by Crippen LogP contribution is -2.46. The fourth-order valence-electron chi connectivity index (χ4n) is 2.51. The second-order valence-electron chi connectivity index (χ2n) is 4.83. The fraction of sp³-hybridized carbons (Fsp3) is 0.500. The van der Waals surface area contributed by atoms with Gasteiger partial charge in [0, 0.05) is 12.6 Å². The number of piperidine rings is 1. The molecular weight excluding hydrogens is 245 g/mol. The normalized spacial score (nSPS) is 19.3. The number of nitrogens with two attached hydrogens (primary N) is 1. The van der Waals surface area contributed by atoms with E-state index in [-0.39, 0.29) is 17.8 Å². The molecule has 104 valence electrons. The Labute approximate surface area is 112 Å². The zero-order chi connectivity index (χ0) is 13.7. The number of likely N-dealkylation sites (tertiary alicyclic amines) is 1. The third-order valence-corrected chi connectivity index (χ3v) is 3.50. The van der Waals surface area contributed by atoms with Gasteiger partial charge in [-0.3, -0.25) is 0 Å². The number of hydrogen-bond acceptors (Lipinski definition) is 2. The van der Waals surface area contributed by atoms with Crippen molar-refractivity contribution in [1.82, 2.24) is 4.90 Å². The van der Waals surface area contributed by atoms with Crippen molar-refractivity contribution < 1.29 is 9.18 Å². The first-order valence-electron chi connectivity index (χ1n) is 6.74. The number of anilines is 1. The minimum atomic E-state index is -0.414. The van der Waals surface area contributed by atoms with Gasteiger partial charge in [0.25, 0.3) is 0 Å². The van der Waals surface area contributed by atoms with Gasteiger partial charge in [0.1, 0.15) is 5.82 Å². The molecule has 3 N–H and O–H groups in total. The quantitative estimate of drug-likeness (QED) is 0.882. The zero-order valence-electron chi connectivity index (χ0n) is 10.9. The van der Waals surface area contributed by atoms with Gasteiger partial charge in [0.2, 0.25) is 0 Å². The monoisotopic (exact) mass is 265 g/mol. The molecule has 1 saturated heterocycles. The van der Waals surface area contributed by atoms with Crippen molar-refractivity contribution in [3.63, 3.8) is 0 Å². The van der Waals surface area contributed by atoms with Crippen molar-refractivity contribution in [3.8, 4) is 0 Å². The standard InChI is InChI=1S/C14H20FN3O/c15-12-6-1-2-7-13(12)17-14(19)18-10-4-3-5-11(18)8-9-16/h1-2,6-7,11H,3-5,8-10,16H2,(H,17,19). The lowest BCUT2D eigenvalue weighted by Gasteiger charge is -2.35. The van der Waals surface area contributed by atoms with Gasteiger partial charge in [-0.15, -0.1) is 0 Å². The smallest absolute Gasteiger partial charge is 0.322 e. The molecule has 2 amide bonds. The number of amides is 2. The molecule has 1 aromatic carbocycles. The summed E-state index contributed by atoms with van der Waals surface area (Å²) in [6.07, 6.45) is 3.88. The molecule has 0 saturated carbocycles. The summed E-state index contributed by atoms with van der Waals surface area (Å²) < 4.78 is 13.5. The molecule has 1 atom stereocenters. The van der Waals surface area contributed by atoms with Crippen molar-refractivity contribution in [2.45, 2.75) is 31.7 Å². The highest BCUT2D eigenvalue weighted by atomic mass is 19.1. The SMILES string of the molecule is NCCC1CCCCN1C(=O)Nc1ccccc1F. The Kier molecular flexibility index (Phi) is 4.74. The number of carbonyl (C=O) groups is 1. The van der Waals surface area contributed by atoms with Crippen LogP contribution < -0.4 is 11.1 Å². The molecule has 1 aromatic rings. The largest absolute Gasteiger partial charge is 0.330 e. The van der Waals surface area contributed by atoms with Gasteiger partial charge in [0.05, 0.1) is 5.69 Å². The Morgan fingerprint density at radius 3 is 2.95 bits per heavy atom. The summed E-state index contributed by atoms with van der Waals surface area (Å²) in [6.45, 7) is 1.28. The summed E-state index contributed by atoms with van der Waals surface area (Å²) in [5, 5.41) is 2.64. The first-order chi connectivity index (χ1) is 9.22. The lowest BCUT2D eigenvalue weighted by molar-refractivity contribution is 0.159. The molecule has 1 heterocycles. The number of nitrogens with zero attached hydrogens (tertiary/aromatic N) is 1. The van der Waals surface area contributed by atoms with E-state index in [9.17, 15) is 9.18 Å². The van der Waals surface area contributed by atoms with Crippen LogP contribution in [-0.2, 0) is 0 Å². The minimum absolute atomic E-state index is 0.172.